The van der Waals surface area contributed by atoms with Gasteiger partial charge in [-0.3, -0.25) is 4.79 Å². The summed E-state index contributed by atoms with van der Waals surface area (Å²) in [4.78, 5) is 11.6. The van der Waals surface area contributed by atoms with E-state index in [0.29, 0.717) is 12.1 Å². The van der Waals surface area contributed by atoms with Crippen LogP contribution in [0.4, 0.5) is 0 Å². The molecule has 0 aliphatic heterocycles. The van der Waals surface area contributed by atoms with Crippen LogP contribution < -0.4 is 5.32 Å². The van der Waals surface area contributed by atoms with Crippen molar-refractivity contribution in [3.8, 4) is 5.75 Å². The Morgan fingerprint density at radius 3 is 2.59 bits per heavy atom. The lowest BCUT2D eigenvalue weighted by molar-refractivity contribution is 0.0953. The summed E-state index contributed by atoms with van der Waals surface area (Å²) in [6, 6.07) is 6.29. The topological polar surface area (TPSA) is 49.3 Å². The maximum Gasteiger partial charge on any atom is 0.251 e. The predicted octanol–water partition coefficient (Wildman–Crippen LogP) is 2.66. The molecule has 0 spiro atoms. The molecule has 1 rings (SSSR count). The van der Waals surface area contributed by atoms with Gasteiger partial charge in [0.2, 0.25) is 0 Å². The molecule has 4 heteroatoms. The number of phenols is 1. The molecule has 0 atom stereocenters. The Labute approximate surface area is 107 Å². The van der Waals surface area contributed by atoms with Gasteiger partial charge in [-0.1, -0.05) is 6.42 Å². The molecule has 2 N–H and O–H groups in total. The summed E-state index contributed by atoms with van der Waals surface area (Å²) < 4.78 is 0. The number of unbranched alkanes of at least 4 members (excludes halogenated alkanes) is 2. The summed E-state index contributed by atoms with van der Waals surface area (Å²) >= 11 is 1.85. The van der Waals surface area contributed by atoms with Crippen molar-refractivity contribution in [1.82, 2.24) is 5.32 Å². The fraction of sp³-hybridized carbons (Fsp3) is 0.462. The smallest absolute Gasteiger partial charge is 0.251 e. The fourth-order valence-electron chi connectivity index (χ4n) is 1.46. The van der Waals surface area contributed by atoms with Gasteiger partial charge in [0.1, 0.15) is 5.75 Å². The van der Waals surface area contributed by atoms with Crippen molar-refractivity contribution in [3.05, 3.63) is 29.8 Å². The van der Waals surface area contributed by atoms with Crippen LogP contribution in [0.5, 0.6) is 5.75 Å². The average molecular weight is 253 g/mol. The van der Waals surface area contributed by atoms with E-state index in [1.54, 1.807) is 12.1 Å². The number of amides is 1. The highest BCUT2D eigenvalue weighted by Gasteiger charge is 2.03. The van der Waals surface area contributed by atoms with Gasteiger partial charge in [-0.2, -0.15) is 11.8 Å². The Bertz CT molecular complexity index is 338. The van der Waals surface area contributed by atoms with E-state index in [0.717, 1.165) is 12.8 Å². The first-order chi connectivity index (χ1) is 8.24. The summed E-state index contributed by atoms with van der Waals surface area (Å²) in [6.45, 7) is 0.716. The zero-order valence-corrected chi connectivity index (χ0v) is 10.9. The highest BCUT2D eigenvalue weighted by molar-refractivity contribution is 7.98. The van der Waals surface area contributed by atoms with E-state index >= 15 is 0 Å². The standard InChI is InChI=1S/C13H19NO2S/c1-17-10-4-2-3-9-14-13(16)11-5-7-12(15)8-6-11/h5-8,15H,2-4,9-10H2,1H3,(H,14,16). The number of nitrogens with one attached hydrogen (secondary N) is 1. The maximum absolute atomic E-state index is 11.6. The lowest BCUT2D eigenvalue weighted by Crippen LogP contribution is -2.24. The predicted molar refractivity (Wildman–Crippen MR) is 72.7 cm³/mol. The highest BCUT2D eigenvalue weighted by Crippen LogP contribution is 2.09. The largest absolute Gasteiger partial charge is 0.508 e. The summed E-state index contributed by atoms with van der Waals surface area (Å²) in [7, 11) is 0. The van der Waals surface area contributed by atoms with E-state index in [1.165, 1.54) is 24.3 Å². The Hall–Kier alpha value is -1.16. The van der Waals surface area contributed by atoms with Crippen molar-refractivity contribution in [1.29, 1.82) is 0 Å². The minimum atomic E-state index is -0.0742. The van der Waals surface area contributed by atoms with E-state index < -0.39 is 0 Å². The first-order valence-electron chi connectivity index (χ1n) is 5.80. The molecule has 1 aromatic rings. The van der Waals surface area contributed by atoms with Gasteiger partial charge in [-0.25, -0.2) is 0 Å². The Morgan fingerprint density at radius 1 is 1.24 bits per heavy atom. The fourth-order valence-corrected chi connectivity index (χ4v) is 1.96. The number of hydrogen-bond donors (Lipinski definition) is 2. The molecule has 0 aliphatic carbocycles. The van der Waals surface area contributed by atoms with Crippen LogP contribution in [0, 0.1) is 0 Å². The second-order valence-corrected chi connectivity index (χ2v) is 4.84. The number of thioether (sulfide) groups is 1. The molecule has 1 amide bonds. The second-order valence-electron chi connectivity index (χ2n) is 3.86. The Kier molecular flexibility index (Phi) is 6.55. The van der Waals surface area contributed by atoms with Crippen LogP contribution >= 0.6 is 11.8 Å². The molecule has 17 heavy (non-hydrogen) atoms. The van der Waals surface area contributed by atoms with Gasteiger partial charge in [-0.15, -0.1) is 0 Å². The number of phenolic OH excluding ortho intramolecular Hbond substituents is 1. The number of rotatable bonds is 7. The zero-order chi connectivity index (χ0) is 12.5. The lowest BCUT2D eigenvalue weighted by atomic mass is 10.2. The maximum atomic E-state index is 11.6. The molecule has 0 heterocycles. The molecule has 0 unspecified atom stereocenters. The SMILES string of the molecule is CSCCCCCNC(=O)c1ccc(O)cc1. The van der Waals surface area contributed by atoms with E-state index in [-0.39, 0.29) is 11.7 Å². The molecule has 3 nitrogen and oxygen atoms in total. The van der Waals surface area contributed by atoms with E-state index in [2.05, 4.69) is 11.6 Å². The van der Waals surface area contributed by atoms with Gasteiger partial charge in [0.25, 0.3) is 5.91 Å². The number of carbonyl (C=O) groups excluding carboxylic acids is 1. The van der Waals surface area contributed by atoms with Crippen LogP contribution in [0.3, 0.4) is 0 Å². The average Bonchev–Trinajstić information content (AvgIpc) is 2.34. The van der Waals surface area contributed by atoms with Crippen LogP contribution in [0.25, 0.3) is 0 Å². The van der Waals surface area contributed by atoms with Gasteiger partial charge < -0.3 is 10.4 Å². The Balaban J connectivity index is 2.19. The van der Waals surface area contributed by atoms with Gasteiger partial charge in [0.15, 0.2) is 0 Å². The third-order valence-corrected chi connectivity index (χ3v) is 3.14. The van der Waals surface area contributed by atoms with E-state index in [9.17, 15) is 4.79 Å². The number of carbonyl (C=O) groups is 1. The van der Waals surface area contributed by atoms with E-state index in [1.807, 2.05) is 11.8 Å². The van der Waals surface area contributed by atoms with Crippen LogP contribution in [0.2, 0.25) is 0 Å². The molecule has 0 aliphatic rings. The monoisotopic (exact) mass is 253 g/mol. The number of aromatic hydroxyl groups is 1. The normalized spacial score (nSPS) is 10.2. The van der Waals surface area contributed by atoms with Gasteiger partial charge in [0, 0.05) is 12.1 Å². The minimum Gasteiger partial charge on any atom is -0.508 e. The lowest BCUT2D eigenvalue weighted by Gasteiger charge is -2.05. The van der Waals surface area contributed by atoms with Gasteiger partial charge >= 0.3 is 0 Å². The third-order valence-electron chi connectivity index (χ3n) is 2.44. The number of benzene rings is 1. The second kappa shape index (κ2) is 8.01. The molecule has 1 aromatic carbocycles. The molecule has 0 radical (unpaired) electrons. The van der Waals surface area contributed by atoms with E-state index in [4.69, 9.17) is 5.11 Å². The zero-order valence-electron chi connectivity index (χ0n) is 10.1. The first-order valence-corrected chi connectivity index (χ1v) is 7.19. The third kappa shape index (κ3) is 5.63. The van der Waals surface area contributed by atoms with Crippen LogP contribution in [0.15, 0.2) is 24.3 Å². The number of hydrogen-bond acceptors (Lipinski definition) is 3. The molecule has 0 aromatic heterocycles. The summed E-state index contributed by atoms with van der Waals surface area (Å²) in [5.74, 6) is 1.29. The molecular weight excluding hydrogens is 234 g/mol. The van der Waals surface area contributed by atoms with Crippen molar-refractivity contribution in [2.24, 2.45) is 0 Å². The highest BCUT2D eigenvalue weighted by atomic mass is 32.2. The minimum absolute atomic E-state index is 0.0742. The van der Waals surface area contributed by atoms with Crippen molar-refractivity contribution >= 4 is 17.7 Å². The quantitative estimate of drug-likeness (QED) is 0.734. The van der Waals surface area contributed by atoms with Crippen molar-refractivity contribution < 1.29 is 9.90 Å². The summed E-state index contributed by atoms with van der Waals surface area (Å²) in [5.41, 5.74) is 0.590. The molecule has 94 valence electrons. The van der Waals surface area contributed by atoms with Crippen molar-refractivity contribution in [2.45, 2.75) is 19.3 Å². The van der Waals surface area contributed by atoms with Crippen LogP contribution in [0.1, 0.15) is 29.6 Å². The summed E-state index contributed by atoms with van der Waals surface area (Å²) in [6.07, 6.45) is 5.48. The molecule has 0 saturated carbocycles. The van der Waals surface area contributed by atoms with Gasteiger partial charge in [0.05, 0.1) is 0 Å². The molecule has 0 saturated heterocycles. The van der Waals surface area contributed by atoms with Crippen molar-refractivity contribution in [2.75, 3.05) is 18.6 Å². The van der Waals surface area contributed by atoms with Crippen LogP contribution in [-0.2, 0) is 0 Å². The van der Waals surface area contributed by atoms with Gasteiger partial charge in [-0.05, 0) is 49.1 Å². The molecule has 0 bridgehead atoms. The Morgan fingerprint density at radius 2 is 1.94 bits per heavy atom. The molecular formula is C13H19NO2S. The van der Waals surface area contributed by atoms with Crippen molar-refractivity contribution in [3.63, 3.8) is 0 Å². The first kappa shape index (κ1) is 13.9. The molecule has 0 fully saturated rings. The summed E-state index contributed by atoms with van der Waals surface area (Å²) in [5, 5.41) is 12.0. The van der Waals surface area contributed by atoms with Crippen LogP contribution in [-0.4, -0.2) is 29.6 Å².